The molecule has 0 bridgehead atoms. The van der Waals surface area contributed by atoms with Crippen molar-refractivity contribution >= 4 is 10.0 Å². The zero-order valence-electron chi connectivity index (χ0n) is 20.4. The van der Waals surface area contributed by atoms with Gasteiger partial charge in [-0.25, -0.2) is 26.3 Å². The van der Waals surface area contributed by atoms with Crippen LogP contribution in [-0.2, 0) is 16.4 Å². The van der Waals surface area contributed by atoms with Gasteiger partial charge in [-0.15, -0.1) is 0 Å². The van der Waals surface area contributed by atoms with Gasteiger partial charge in [-0.1, -0.05) is 55.1 Å². The Balaban J connectivity index is 0.00000200. The highest BCUT2D eigenvalue weighted by Gasteiger charge is 2.64. The Morgan fingerprint density at radius 2 is 1.83 bits per heavy atom. The van der Waals surface area contributed by atoms with E-state index < -0.39 is 33.8 Å². The standard InChI is InChI=1S/C28H33F3N2O2S.2H2/c1-18(17-29)32-19(2)24-16-27(11-12-27)26(33-36(34,35)28(31)13-14-28)23(24)15-21-9-6-10-22(25(21)30)20-7-4-3-5-8-20;;/h3-10,18,23-24,26,32-33H,2,11-17H2,1H3;2*1H/t18-,23-,24?,26-;;/m1../s1. The number of nitrogens with one attached hydrogen (secondary N) is 2. The molecule has 4 nitrogen and oxygen atoms in total. The summed E-state index contributed by atoms with van der Waals surface area (Å²) in [4.78, 5) is 0. The van der Waals surface area contributed by atoms with Gasteiger partial charge in [-0.3, -0.25) is 0 Å². The van der Waals surface area contributed by atoms with Crippen molar-refractivity contribution in [3.05, 3.63) is 72.2 Å². The fourth-order valence-corrected chi connectivity index (χ4v) is 7.48. The molecule has 3 aliphatic carbocycles. The quantitative estimate of drug-likeness (QED) is 0.393. The third kappa shape index (κ3) is 4.58. The van der Waals surface area contributed by atoms with Crippen LogP contribution in [0.25, 0.3) is 11.1 Å². The second-order valence-corrected chi connectivity index (χ2v) is 12.9. The first-order valence-corrected chi connectivity index (χ1v) is 14.1. The Morgan fingerprint density at radius 1 is 1.14 bits per heavy atom. The van der Waals surface area contributed by atoms with Crippen molar-refractivity contribution in [2.75, 3.05) is 6.67 Å². The first-order chi connectivity index (χ1) is 17.1. The molecule has 3 aliphatic rings. The molecule has 2 N–H and O–H groups in total. The van der Waals surface area contributed by atoms with Gasteiger partial charge in [0, 0.05) is 38.9 Å². The van der Waals surface area contributed by atoms with Gasteiger partial charge >= 0.3 is 0 Å². The van der Waals surface area contributed by atoms with Gasteiger partial charge in [0.2, 0.25) is 15.0 Å². The van der Waals surface area contributed by atoms with Crippen LogP contribution in [0.5, 0.6) is 0 Å². The van der Waals surface area contributed by atoms with E-state index in [1.54, 1.807) is 25.1 Å². The van der Waals surface area contributed by atoms with Crippen molar-refractivity contribution in [1.82, 2.24) is 10.0 Å². The summed E-state index contributed by atoms with van der Waals surface area (Å²) in [7, 11) is -4.18. The lowest BCUT2D eigenvalue weighted by molar-refractivity contribution is 0.320. The van der Waals surface area contributed by atoms with Gasteiger partial charge in [-0.05, 0) is 55.1 Å². The molecule has 1 spiro atoms. The van der Waals surface area contributed by atoms with Crippen molar-refractivity contribution in [2.45, 2.75) is 62.5 Å². The average molecular weight is 523 g/mol. The normalized spacial score (nSPS) is 26.5. The van der Waals surface area contributed by atoms with Gasteiger partial charge in [0.25, 0.3) is 0 Å². The molecule has 0 amide bonds. The Labute approximate surface area is 214 Å². The van der Waals surface area contributed by atoms with Crippen LogP contribution < -0.4 is 10.0 Å². The molecule has 2 aromatic carbocycles. The molecule has 0 aromatic heterocycles. The molecular formula is C28H37F3N2O2S. The number of alkyl halides is 2. The maximum Gasteiger partial charge on any atom is 0.247 e. The second kappa shape index (κ2) is 9.21. The monoisotopic (exact) mass is 522 g/mol. The Morgan fingerprint density at radius 3 is 2.44 bits per heavy atom. The molecule has 0 aliphatic heterocycles. The maximum absolute atomic E-state index is 15.8. The number of rotatable bonds is 10. The lowest BCUT2D eigenvalue weighted by atomic mass is 9.84. The third-order valence-corrected chi connectivity index (χ3v) is 10.2. The molecule has 0 heterocycles. The maximum atomic E-state index is 15.8. The molecule has 5 rings (SSSR count). The van der Waals surface area contributed by atoms with Gasteiger partial charge in [0.1, 0.15) is 12.5 Å². The summed E-state index contributed by atoms with van der Waals surface area (Å²) in [6, 6.07) is 13.5. The third-order valence-electron chi connectivity index (χ3n) is 8.26. The van der Waals surface area contributed by atoms with E-state index in [0.29, 0.717) is 23.2 Å². The summed E-state index contributed by atoms with van der Waals surface area (Å²) in [6.07, 6.45) is 2.51. The van der Waals surface area contributed by atoms with E-state index in [-0.39, 0.29) is 45.2 Å². The Kier molecular flexibility index (Phi) is 6.48. The van der Waals surface area contributed by atoms with Crippen molar-refractivity contribution in [2.24, 2.45) is 17.3 Å². The minimum absolute atomic E-state index is 0. The van der Waals surface area contributed by atoms with Crippen molar-refractivity contribution < 1.29 is 24.4 Å². The number of hydrogen-bond acceptors (Lipinski definition) is 3. The van der Waals surface area contributed by atoms with Crippen molar-refractivity contribution in [3.8, 4) is 11.1 Å². The summed E-state index contributed by atoms with van der Waals surface area (Å²) in [5, 5.41) is 0.896. The highest BCUT2D eigenvalue weighted by atomic mass is 32.2. The van der Waals surface area contributed by atoms with Crippen LogP contribution in [0.1, 0.15) is 47.4 Å². The first kappa shape index (κ1) is 25.3. The number of hydrogen-bond donors (Lipinski definition) is 2. The summed E-state index contributed by atoms with van der Waals surface area (Å²) in [5.41, 5.74) is 2.02. The molecule has 198 valence electrons. The van der Waals surface area contributed by atoms with E-state index in [0.717, 1.165) is 18.4 Å². The number of benzene rings is 2. The fourth-order valence-electron chi connectivity index (χ4n) is 5.87. The van der Waals surface area contributed by atoms with Gasteiger partial charge in [0.15, 0.2) is 0 Å². The number of halogens is 3. The van der Waals surface area contributed by atoms with E-state index in [2.05, 4.69) is 16.6 Å². The molecule has 2 aromatic rings. The Hall–Kier alpha value is -2.32. The summed E-state index contributed by atoms with van der Waals surface area (Å²) >= 11 is 0. The molecule has 36 heavy (non-hydrogen) atoms. The largest absolute Gasteiger partial charge is 0.383 e. The molecule has 3 fully saturated rings. The minimum atomic E-state index is -4.18. The summed E-state index contributed by atoms with van der Waals surface area (Å²) in [5.74, 6) is -0.902. The smallest absolute Gasteiger partial charge is 0.247 e. The molecule has 4 atom stereocenters. The minimum Gasteiger partial charge on any atom is -0.383 e. The van der Waals surface area contributed by atoms with Crippen LogP contribution in [0.4, 0.5) is 13.2 Å². The zero-order valence-corrected chi connectivity index (χ0v) is 21.3. The van der Waals surface area contributed by atoms with Crippen LogP contribution in [0.2, 0.25) is 0 Å². The van der Waals surface area contributed by atoms with E-state index in [4.69, 9.17) is 0 Å². The predicted molar refractivity (Wildman–Crippen MR) is 140 cm³/mol. The topological polar surface area (TPSA) is 58.2 Å². The highest BCUT2D eigenvalue weighted by molar-refractivity contribution is 7.91. The van der Waals surface area contributed by atoms with E-state index >= 15 is 4.39 Å². The first-order valence-electron chi connectivity index (χ1n) is 12.6. The van der Waals surface area contributed by atoms with E-state index in [1.165, 1.54) is 0 Å². The van der Waals surface area contributed by atoms with Crippen LogP contribution >= 0.6 is 0 Å². The van der Waals surface area contributed by atoms with Crippen LogP contribution in [-0.4, -0.2) is 32.2 Å². The zero-order chi connectivity index (χ0) is 25.7. The molecular weight excluding hydrogens is 485 g/mol. The van der Waals surface area contributed by atoms with Crippen molar-refractivity contribution in [3.63, 3.8) is 0 Å². The van der Waals surface area contributed by atoms with Crippen molar-refractivity contribution in [1.29, 1.82) is 0 Å². The van der Waals surface area contributed by atoms with Gasteiger partial charge < -0.3 is 5.32 Å². The van der Waals surface area contributed by atoms with Gasteiger partial charge in [-0.2, -0.15) is 0 Å². The molecule has 8 heteroatoms. The lowest BCUT2D eigenvalue weighted by Gasteiger charge is -2.30. The fraction of sp³-hybridized carbons (Fsp3) is 0.500. The second-order valence-electron chi connectivity index (χ2n) is 10.9. The van der Waals surface area contributed by atoms with E-state index in [9.17, 15) is 17.2 Å². The lowest BCUT2D eigenvalue weighted by Crippen LogP contribution is -2.47. The average Bonchev–Trinajstić information content (AvgIpc) is 3.78. The summed E-state index contributed by atoms with van der Waals surface area (Å²) in [6.45, 7) is 5.31. The summed E-state index contributed by atoms with van der Waals surface area (Å²) < 4.78 is 72.4. The van der Waals surface area contributed by atoms with E-state index in [1.807, 2.05) is 30.3 Å². The SMILES string of the molecule is C=C(N[C@H](C)CF)C1CC2(CC2)[C@H](NS(=O)(=O)C2(F)CC2)[C@@H]1Cc1cccc(-c2ccccc2)c1F.[HH].[HH]. The number of sulfonamides is 1. The molecule has 0 radical (unpaired) electrons. The molecule has 1 unspecified atom stereocenters. The van der Waals surface area contributed by atoms with Crippen LogP contribution in [0.15, 0.2) is 60.8 Å². The Bertz CT molecular complexity index is 1250. The van der Waals surface area contributed by atoms with Crippen LogP contribution in [0, 0.1) is 23.1 Å². The molecule has 3 saturated carbocycles. The van der Waals surface area contributed by atoms with Gasteiger partial charge in [0.05, 0.1) is 6.04 Å². The molecule has 0 saturated heterocycles. The van der Waals surface area contributed by atoms with Crippen LogP contribution in [0.3, 0.4) is 0 Å². The number of allylic oxidation sites excluding steroid dienone is 1. The predicted octanol–water partition coefficient (Wildman–Crippen LogP) is 6.15. The highest BCUT2D eigenvalue weighted by Crippen LogP contribution is 2.63.